The van der Waals surface area contributed by atoms with Gasteiger partial charge in [0, 0.05) is 62.3 Å². The van der Waals surface area contributed by atoms with Gasteiger partial charge in [-0.3, -0.25) is 34.6 Å². The number of ketones is 1. The molecule has 3 aromatic heterocycles. The van der Waals surface area contributed by atoms with E-state index in [1.165, 1.54) is 29.3 Å². The van der Waals surface area contributed by atoms with Crippen LogP contribution in [-0.4, -0.2) is 160 Å². The molecule has 0 spiro atoms. The van der Waals surface area contributed by atoms with E-state index in [4.69, 9.17) is 28.4 Å². The number of carbonyl (C=O) groups excluding carboxylic acids is 3. The number of nitrogens with zero attached hydrogens (tertiary/aromatic N) is 8. The molecule has 1 saturated heterocycles. The van der Waals surface area contributed by atoms with Crippen LogP contribution in [0.4, 0.5) is 17.1 Å². The van der Waals surface area contributed by atoms with E-state index >= 15 is 0 Å². The third-order valence-corrected chi connectivity index (χ3v) is 10.0. The number of rotatable bonds is 27. The van der Waals surface area contributed by atoms with Crippen molar-refractivity contribution >= 4 is 45.7 Å². The lowest BCUT2D eigenvalue weighted by atomic mass is 10.1. The summed E-state index contributed by atoms with van der Waals surface area (Å²) in [5.41, 5.74) is 0.829. The van der Waals surface area contributed by atoms with Crippen LogP contribution in [0.15, 0.2) is 73.2 Å². The van der Waals surface area contributed by atoms with Crippen molar-refractivity contribution in [3.8, 4) is 5.75 Å². The molecule has 5 aromatic rings. The van der Waals surface area contributed by atoms with Crippen molar-refractivity contribution in [3.05, 3.63) is 110 Å². The standard InChI is InChI=1S/C42H50N10O13/c1-30-27-48(41(54)31-6-3-2-4-7-31)13-14-50(30)42(55)39(53)33-26-45-40-37(33)36(10-11-44-40)65-25-24-61-17-15-49-28-32(46-47-49)29-64-23-22-63-21-20-62-19-18-60-16-12-43-38-34(51(56)57)8-5-9-35(38)52(58)59/h2-11,26,28,30,43H,12-25,27,29H2,1H3,(H,44,45)/t30-/m1/s1. The fraction of sp³-hybridized carbons (Fsp3) is 0.429. The second kappa shape index (κ2) is 24.2. The lowest BCUT2D eigenvalue weighted by Crippen LogP contribution is -2.56. The van der Waals surface area contributed by atoms with E-state index in [1.54, 1.807) is 52.3 Å². The molecule has 2 N–H and O–H groups in total. The van der Waals surface area contributed by atoms with Crippen molar-refractivity contribution in [2.24, 2.45) is 0 Å². The van der Waals surface area contributed by atoms with Gasteiger partial charge in [0.05, 0.1) is 99.6 Å². The van der Waals surface area contributed by atoms with Crippen molar-refractivity contribution < 1.29 is 52.7 Å². The molecular formula is C42H50N10O13. The van der Waals surface area contributed by atoms with E-state index in [0.717, 1.165) is 0 Å². The highest BCUT2D eigenvalue weighted by Crippen LogP contribution is 2.33. The molecule has 0 radical (unpaired) electrons. The molecule has 1 aliphatic rings. The molecule has 1 aliphatic heterocycles. The van der Waals surface area contributed by atoms with Gasteiger partial charge in [-0.05, 0) is 31.2 Å². The average Bonchev–Trinajstić information content (AvgIpc) is 3.97. The van der Waals surface area contributed by atoms with Gasteiger partial charge in [0.15, 0.2) is 5.69 Å². The molecule has 23 nitrogen and oxygen atoms in total. The summed E-state index contributed by atoms with van der Waals surface area (Å²) < 4.78 is 35.4. The molecule has 1 atom stereocenters. The molecule has 0 saturated carbocycles. The highest BCUT2D eigenvalue weighted by Gasteiger charge is 2.35. The Bertz CT molecular complexity index is 2350. The molecule has 2 aromatic carbocycles. The number of pyridine rings is 1. The number of carbonyl (C=O) groups is 3. The maximum Gasteiger partial charge on any atom is 0.299 e. The summed E-state index contributed by atoms with van der Waals surface area (Å²) in [4.78, 5) is 71.6. The van der Waals surface area contributed by atoms with Crippen molar-refractivity contribution in [2.75, 3.05) is 97.6 Å². The van der Waals surface area contributed by atoms with Crippen LogP contribution in [0.25, 0.3) is 11.0 Å². The SMILES string of the molecule is C[C@@H]1CN(C(=O)c2ccccc2)CCN1C(=O)C(=O)c1c[nH]c2nccc(OCCOCCn3cc(COCCOCCOCCOCCNc4c([N+](=O)[O-])cccc4[N+](=O)[O-])nn3)c12. The van der Waals surface area contributed by atoms with E-state index in [9.17, 15) is 34.6 Å². The van der Waals surface area contributed by atoms with Crippen LogP contribution in [0, 0.1) is 20.2 Å². The van der Waals surface area contributed by atoms with E-state index in [-0.39, 0.29) is 80.7 Å². The van der Waals surface area contributed by atoms with Crippen LogP contribution < -0.4 is 10.1 Å². The number of fused-ring (bicyclic) bond motifs is 1. The second-order valence-corrected chi connectivity index (χ2v) is 14.5. The van der Waals surface area contributed by atoms with E-state index in [2.05, 4.69) is 25.6 Å². The monoisotopic (exact) mass is 902 g/mol. The van der Waals surface area contributed by atoms with E-state index in [1.807, 2.05) is 13.0 Å². The minimum atomic E-state index is -0.695. The molecule has 1 fully saturated rings. The first-order chi connectivity index (χ1) is 31.6. The lowest BCUT2D eigenvalue weighted by molar-refractivity contribution is -0.392. The van der Waals surface area contributed by atoms with Gasteiger partial charge in [0.25, 0.3) is 29.0 Å². The number of aromatic amines is 1. The van der Waals surface area contributed by atoms with Crippen LogP contribution in [-0.2, 0) is 41.6 Å². The number of amides is 2. The first kappa shape index (κ1) is 47.6. The Morgan fingerprint density at radius 3 is 2.17 bits per heavy atom. The first-order valence-corrected chi connectivity index (χ1v) is 20.8. The van der Waals surface area contributed by atoms with Gasteiger partial charge in [-0.15, -0.1) is 5.10 Å². The van der Waals surface area contributed by atoms with Gasteiger partial charge in [-0.1, -0.05) is 23.4 Å². The molecular weight excluding hydrogens is 853 g/mol. The molecule has 346 valence electrons. The highest BCUT2D eigenvalue weighted by atomic mass is 16.6. The van der Waals surface area contributed by atoms with E-state index < -0.39 is 21.5 Å². The number of Topliss-reactive ketones (excluding diaryl/α,β-unsaturated/α-hetero) is 1. The number of aromatic nitrogens is 5. The van der Waals surface area contributed by atoms with Crippen molar-refractivity contribution in [1.29, 1.82) is 0 Å². The van der Waals surface area contributed by atoms with Gasteiger partial charge >= 0.3 is 0 Å². The van der Waals surface area contributed by atoms with Crippen LogP contribution in [0.1, 0.15) is 33.3 Å². The smallest absolute Gasteiger partial charge is 0.299 e. The number of piperazine rings is 1. The summed E-state index contributed by atoms with van der Waals surface area (Å²) in [6.45, 7) is 6.26. The lowest BCUT2D eigenvalue weighted by Gasteiger charge is -2.39. The van der Waals surface area contributed by atoms with Crippen LogP contribution >= 0.6 is 0 Å². The number of ether oxygens (including phenoxy) is 6. The quantitative estimate of drug-likeness (QED) is 0.0252. The van der Waals surface area contributed by atoms with Crippen LogP contribution in [0.3, 0.4) is 0 Å². The highest BCUT2D eigenvalue weighted by molar-refractivity contribution is 6.45. The summed E-state index contributed by atoms with van der Waals surface area (Å²) in [7, 11) is 0. The Balaban J connectivity index is 0.795. The molecule has 0 unspecified atom stereocenters. The summed E-state index contributed by atoms with van der Waals surface area (Å²) in [6.07, 6.45) is 4.76. The normalized spacial score (nSPS) is 13.8. The molecule has 6 rings (SSSR count). The predicted octanol–water partition coefficient (Wildman–Crippen LogP) is 3.30. The third kappa shape index (κ3) is 13.3. The summed E-state index contributed by atoms with van der Waals surface area (Å²) in [5.74, 6) is -1.09. The number of benzene rings is 2. The largest absolute Gasteiger partial charge is 0.490 e. The number of H-pyrrole nitrogens is 1. The maximum atomic E-state index is 13.6. The van der Waals surface area contributed by atoms with Crippen molar-refractivity contribution in [3.63, 3.8) is 0 Å². The zero-order valence-corrected chi connectivity index (χ0v) is 35.7. The third-order valence-electron chi connectivity index (χ3n) is 10.0. The molecule has 0 aliphatic carbocycles. The minimum Gasteiger partial charge on any atom is -0.490 e. The molecule has 65 heavy (non-hydrogen) atoms. The van der Waals surface area contributed by atoms with Gasteiger partial charge in [-0.25, -0.2) is 9.67 Å². The Morgan fingerprint density at radius 1 is 0.815 bits per heavy atom. The number of nitrogens with one attached hydrogen (secondary N) is 2. The van der Waals surface area contributed by atoms with Gasteiger partial charge in [-0.2, -0.15) is 0 Å². The fourth-order valence-electron chi connectivity index (χ4n) is 6.86. The summed E-state index contributed by atoms with van der Waals surface area (Å²) in [6, 6.07) is 13.9. The number of hydrogen-bond donors (Lipinski definition) is 2. The van der Waals surface area contributed by atoms with Crippen LogP contribution in [0.5, 0.6) is 5.75 Å². The number of anilines is 1. The molecule has 2 amide bonds. The molecule has 0 bridgehead atoms. The average molecular weight is 903 g/mol. The van der Waals surface area contributed by atoms with E-state index in [0.29, 0.717) is 87.3 Å². The molecule has 4 heterocycles. The van der Waals surface area contributed by atoms with Crippen LogP contribution in [0.2, 0.25) is 0 Å². The Hall–Kier alpha value is -6.92. The predicted molar refractivity (Wildman–Crippen MR) is 231 cm³/mol. The zero-order chi connectivity index (χ0) is 46.0. The minimum absolute atomic E-state index is 0.116. The maximum absolute atomic E-state index is 13.6. The van der Waals surface area contributed by atoms with Gasteiger partial charge in [0.2, 0.25) is 0 Å². The zero-order valence-electron chi connectivity index (χ0n) is 35.7. The number of nitro benzene ring substituents is 2. The number of para-hydroxylation sites is 1. The van der Waals surface area contributed by atoms with Gasteiger partial charge < -0.3 is 48.5 Å². The first-order valence-electron chi connectivity index (χ1n) is 20.8. The summed E-state index contributed by atoms with van der Waals surface area (Å²) >= 11 is 0. The topological polar surface area (TPSA) is 271 Å². The van der Waals surface area contributed by atoms with Crippen molar-refractivity contribution in [2.45, 2.75) is 26.1 Å². The molecule has 23 heteroatoms. The Kier molecular flexibility index (Phi) is 17.7. The Labute approximate surface area is 372 Å². The number of nitro groups is 2. The second-order valence-electron chi connectivity index (χ2n) is 14.5. The number of hydrogen-bond acceptors (Lipinski definition) is 17. The van der Waals surface area contributed by atoms with Crippen molar-refractivity contribution in [1.82, 2.24) is 34.8 Å². The Morgan fingerprint density at radius 2 is 1.48 bits per heavy atom. The van der Waals surface area contributed by atoms with Gasteiger partial charge in [0.1, 0.15) is 23.7 Å². The summed E-state index contributed by atoms with van der Waals surface area (Å²) in [5, 5.41) is 33.8. The fourth-order valence-corrected chi connectivity index (χ4v) is 6.86.